The highest BCUT2D eigenvalue weighted by molar-refractivity contribution is 6.00. The number of carbonyl (C=O) groups is 2. The molecule has 102 valence electrons. The van der Waals surface area contributed by atoms with E-state index >= 15 is 0 Å². The number of halogens is 1. The monoisotopic (exact) mass is 266 g/mol. The van der Waals surface area contributed by atoms with E-state index in [1.165, 1.54) is 17.0 Å². The molecule has 0 aromatic heterocycles. The molecule has 1 aliphatic heterocycles. The molecule has 2 N–H and O–H groups in total. The summed E-state index contributed by atoms with van der Waals surface area (Å²) < 4.78 is 13.7. The van der Waals surface area contributed by atoms with Crippen LogP contribution >= 0.6 is 0 Å². The van der Waals surface area contributed by atoms with E-state index in [1.54, 1.807) is 6.92 Å². The molecule has 0 bridgehead atoms. The zero-order valence-electron chi connectivity index (χ0n) is 10.5. The van der Waals surface area contributed by atoms with Gasteiger partial charge in [0.15, 0.2) is 0 Å². The van der Waals surface area contributed by atoms with E-state index in [1.807, 2.05) is 0 Å². The van der Waals surface area contributed by atoms with E-state index in [-0.39, 0.29) is 11.5 Å². The zero-order chi connectivity index (χ0) is 14.0. The third-order valence-electron chi connectivity index (χ3n) is 3.18. The molecule has 0 aliphatic carbocycles. The van der Waals surface area contributed by atoms with Gasteiger partial charge in [-0.15, -0.1) is 0 Å². The predicted octanol–water partition coefficient (Wildman–Crippen LogP) is 0.882. The summed E-state index contributed by atoms with van der Waals surface area (Å²) in [6, 6.07) is 3.06. The number of hydrogen-bond acceptors (Lipinski definition) is 3. The number of nitrogens with zero attached hydrogens (tertiary/aromatic N) is 1. The predicted molar refractivity (Wildman–Crippen MR) is 66.2 cm³/mol. The maximum absolute atomic E-state index is 13.7. The van der Waals surface area contributed by atoms with Crippen molar-refractivity contribution in [3.05, 3.63) is 29.6 Å². The van der Waals surface area contributed by atoms with Gasteiger partial charge in [0.25, 0.3) is 5.91 Å². The number of phenolic OH excluding ortho intramolecular Hbond substituents is 1. The second-order valence-electron chi connectivity index (χ2n) is 4.35. The molecule has 0 spiro atoms. The lowest BCUT2D eigenvalue weighted by Gasteiger charge is -2.34. The molecule has 0 saturated carbocycles. The van der Waals surface area contributed by atoms with E-state index < -0.39 is 23.5 Å². The first-order valence-electron chi connectivity index (χ1n) is 6.12. The van der Waals surface area contributed by atoms with Crippen molar-refractivity contribution in [2.75, 3.05) is 13.1 Å². The van der Waals surface area contributed by atoms with Crippen LogP contribution in [0.15, 0.2) is 18.2 Å². The van der Waals surface area contributed by atoms with Gasteiger partial charge in [0.2, 0.25) is 5.91 Å². The van der Waals surface area contributed by atoms with Crippen LogP contribution in [0.2, 0.25) is 0 Å². The first kappa shape index (κ1) is 13.3. The number of rotatable bonds is 2. The van der Waals surface area contributed by atoms with Crippen LogP contribution in [-0.4, -0.2) is 41.0 Å². The Morgan fingerprint density at radius 1 is 1.58 bits per heavy atom. The van der Waals surface area contributed by atoms with Gasteiger partial charge in [0.1, 0.15) is 23.2 Å². The summed E-state index contributed by atoms with van der Waals surface area (Å²) in [6.07, 6.45) is 0.437. The maximum Gasteiger partial charge on any atom is 0.261 e. The van der Waals surface area contributed by atoms with Crippen molar-refractivity contribution in [3.63, 3.8) is 0 Å². The third kappa shape index (κ3) is 2.38. The van der Waals surface area contributed by atoms with Gasteiger partial charge in [-0.3, -0.25) is 9.59 Å². The van der Waals surface area contributed by atoms with E-state index in [9.17, 15) is 19.1 Å². The highest BCUT2D eigenvalue weighted by Crippen LogP contribution is 2.23. The van der Waals surface area contributed by atoms with Crippen LogP contribution in [0.3, 0.4) is 0 Å². The number of nitrogens with one attached hydrogen (secondary N) is 1. The lowest BCUT2D eigenvalue weighted by molar-refractivity contribution is -0.127. The normalized spacial score (nSPS) is 19.2. The second kappa shape index (κ2) is 5.26. The number of aromatic hydroxyl groups is 1. The van der Waals surface area contributed by atoms with E-state index in [0.717, 1.165) is 6.07 Å². The van der Waals surface area contributed by atoms with Crippen LogP contribution in [0.1, 0.15) is 23.7 Å². The average molecular weight is 266 g/mol. The molecule has 1 heterocycles. The van der Waals surface area contributed by atoms with Gasteiger partial charge in [-0.2, -0.15) is 0 Å². The molecule has 1 atom stereocenters. The first-order valence-corrected chi connectivity index (χ1v) is 6.12. The van der Waals surface area contributed by atoms with Crippen molar-refractivity contribution in [1.29, 1.82) is 0 Å². The summed E-state index contributed by atoms with van der Waals surface area (Å²) in [7, 11) is 0. The quantitative estimate of drug-likeness (QED) is 0.835. The van der Waals surface area contributed by atoms with Crippen molar-refractivity contribution in [1.82, 2.24) is 10.2 Å². The number of amides is 2. The maximum atomic E-state index is 13.7. The molecule has 6 heteroatoms. The van der Waals surface area contributed by atoms with Crippen molar-refractivity contribution < 1.29 is 19.1 Å². The Hall–Kier alpha value is -2.11. The first-order chi connectivity index (χ1) is 9.06. The Morgan fingerprint density at radius 2 is 2.32 bits per heavy atom. The highest BCUT2D eigenvalue weighted by atomic mass is 19.1. The van der Waals surface area contributed by atoms with E-state index in [0.29, 0.717) is 19.5 Å². The minimum Gasteiger partial charge on any atom is -0.507 e. The van der Waals surface area contributed by atoms with Crippen LogP contribution in [-0.2, 0) is 4.79 Å². The topological polar surface area (TPSA) is 69.6 Å². The van der Waals surface area contributed by atoms with Crippen molar-refractivity contribution in [3.8, 4) is 5.75 Å². The summed E-state index contributed by atoms with van der Waals surface area (Å²) in [6.45, 7) is 2.41. The largest absolute Gasteiger partial charge is 0.507 e. The Morgan fingerprint density at radius 3 is 2.95 bits per heavy atom. The third-order valence-corrected chi connectivity index (χ3v) is 3.18. The number of phenols is 1. The van der Waals surface area contributed by atoms with Crippen LogP contribution in [0, 0.1) is 5.82 Å². The molecule has 1 aliphatic rings. The second-order valence-corrected chi connectivity index (χ2v) is 4.35. The minimum absolute atomic E-state index is 0.252. The van der Waals surface area contributed by atoms with Crippen molar-refractivity contribution >= 4 is 11.8 Å². The number of hydrogen-bond donors (Lipinski definition) is 2. The van der Waals surface area contributed by atoms with Crippen LogP contribution in [0.4, 0.5) is 4.39 Å². The van der Waals surface area contributed by atoms with Crippen LogP contribution in [0.5, 0.6) is 5.75 Å². The van der Waals surface area contributed by atoms with Gasteiger partial charge in [-0.1, -0.05) is 13.0 Å². The standard InChI is InChI=1S/C13H15FN2O3/c1-2-9-12(18)15-6-7-16(9)13(19)11-8(14)4-3-5-10(11)17/h3-5,9,17H,2,6-7H2,1H3,(H,15,18). The summed E-state index contributed by atoms with van der Waals surface area (Å²) in [5.74, 6) is -2.10. The molecule has 0 radical (unpaired) electrons. The molecule has 5 nitrogen and oxygen atoms in total. The molecule has 1 saturated heterocycles. The van der Waals surface area contributed by atoms with Crippen LogP contribution < -0.4 is 5.32 Å². The lowest BCUT2D eigenvalue weighted by Crippen LogP contribution is -2.57. The Balaban J connectivity index is 2.35. The summed E-state index contributed by atoms with van der Waals surface area (Å²) >= 11 is 0. The number of piperazine rings is 1. The molecule has 1 aromatic carbocycles. The van der Waals surface area contributed by atoms with Gasteiger partial charge >= 0.3 is 0 Å². The Bertz CT molecular complexity index is 498. The number of benzene rings is 1. The van der Waals surface area contributed by atoms with Crippen molar-refractivity contribution in [2.45, 2.75) is 19.4 Å². The SMILES string of the molecule is CCC1C(=O)NCCN1C(=O)c1c(O)cccc1F. The average Bonchev–Trinajstić information content (AvgIpc) is 2.38. The highest BCUT2D eigenvalue weighted by Gasteiger charge is 2.34. The molecular weight excluding hydrogens is 251 g/mol. The van der Waals surface area contributed by atoms with Gasteiger partial charge < -0.3 is 15.3 Å². The molecule has 2 rings (SSSR count). The smallest absolute Gasteiger partial charge is 0.261 e. The summed E-state index contributed by atoms with van der Waals surface area (Å²) in [5.41, 5.74) is -0.379. The van der Waals surface area contributed by atoms with E-state index in [2.05, 4.69) is 5.32 Å². The van der Waals surface area contributed by atoms with Gasteiger partial charge in [-0.05, 0) is 18.6 Å². The van der Waals surface area contributed by atoms with Gasteiger partial charge in [0, 0.05) is 13.1 Å². The number of carbonyl (C=O) groups excluding carboxylic acids is 2. The fourth-order valence-electron chi connectivity index (χ4n) is 2.23. The fraction of sp³-hybridized carbons (Fsp3) is 0.385. The molecule has 1 fully saturated rings. The van der Waals surface area contributed by atoms with Crippen molar-refractivity contribution in [2.24, 2.45) is 0 Å². The molecule has 19 heavy (non-hydrogen) atoms. The van der Waals surface area contributed by atoms with Gasteiger partial charge in [-0.25, -0.2) is 4.39 Å². The van der Waals surface area contributed by atoms with Gasteiger partial charge in [0.05, 0.1) is 0 Å². The van der Waals surface area contributed by atoms with E-state index in [4.69, 9.17) is 0 Å². The summed E-state index contributed by atoms with van der Waals surface area (Å²) in [5, 5.41) is 12.3. The van der Waals surface area contributed by atoms with Crippen LogP contribution in [0.25, 0.3) is 0 Å². The fourth-order valence-corrected chi connectivity index (χ4v) is 2.23. The minimum atomic E-state index is -0.786. The molecular formula is C13H15FN2O3. The molecule has 1 aromatic rings. The molecule has 2 amide bonds. The molecule has 1 unspecified atom stereocenters. The zero-order valence-corrected chi connectivity index (χ0v) is 10.5. The Labute approximate surface area is 110 Å². The lowest BCUT2D eigenvalue weighted by atomic mass is 10.1. The summed E-state index contributed by atoms with van der Waals surface area (Å²) in [4.78, 5) is 25.3. The Kier molecular flexibility index (Phi) is 3.69.